The van der Waals surface area contributed by atoms with Crippen LogP contribution in [0.2, 0.25) is 0 Å². The Hall–Kier alpha value is -2.60. The Labute approximate surface area is 159 Å². The molecule has 0 heterocycles. The highest BCUT2D eigenvalue weighted by Crippen LogP contribution is 2.24. The van der Waals surface area contributed by atoms with Crippen LogP contribution in [0.1, 0.15) is 37.6 Å². The zero-order chi connectivity index (χ0) is 18.9. The topological polar surface area (TPSA) is 59.6 Å². The minimum Gasteiger partial charge on any atom is -0.494 e. The SMILES string of the molecule is CCCOc1cccc(C(=O)NC(=S)Nc2ccccc2OC(C)C)c1. The standard InChI is InChI=1S/C20H24N2O3S/c1-4-12-24-16-9-7-8-15(13-16)19(23)22-20(26)21-17-10-5-6-11-18(17)25-14(2)3/h5-11,13-14H,4,12H2,1-3H3,(H2,21,22,23,26). The fourth-order valence-corrected chi connectivity index (χ4v) is 2.41. The van der Waals surface area contributed by atoms with Crippen LogP contribution < -0.4 is 20.1 Å². The van der Waals surface area contributed by atoms with Crippen molar-refractivity contribution < 1.29 is 14.3 Å². The Morgan fingerprint density at radius 3 is 2.65 bits per heavy atom. The van der Waals surface area contributed by atoms with Gasteiger partial charge in [0.15, 0.2) is 5.11 Å². The second-order valence-corrected chi connectivity index (χ2v) is 6.36. The van der Waals surface area contributed by atoms with E-state index in [9.17, 15) is 4.79 Å². The lowest BCUT2D eigenvalue weighted by molar-refractivity contribution is 0.0977. The lowest BCUT2D eigenvalue weighted by Gasteiger charge is -2.16. The minimum atomic E-state index is -0.299. The molecule has 0 unspecified atom stereocenters. The van der Waals surface area contributed by atoms with Crippen LogP contribution in [0.4, 0.5) is 5.69 Å². The van der Waals surface area contributed by atoms with Crippen LogP contribution in [-0.4, -0.2) is 23.7 Å². The van der Waals surface area contributed by atoms with Crippen LogP contribution in [0.3, 0.4) is 0 Å². The van der Waals surface area contributed by atoms with Gasteiger partial charge in [0.1, 0.15) is 11.5 Å². The molecule has 0 aliphatic heterocycles. The van der Waals surface area contributed by atoms with Crippen LogP contribution in [0, 0.1) is 0 Å². The lowest BCUT2D eigenvalue weighted by Crippen LogP contribution is -2.34. The summed E-state index contributed by atoms with van der Waals surface area (Å²) < 4.78 is 11.3. The summed E-state index contributed by atoms with van der Waals surface area (Å²) in [7, 11) is 0. The highest BCUT2D eigenvalue weighted by Gasteiger charge is 2.11. The predicted molar refractivity (Wildman–Crippen MR) is 108 cm³/mol. The molecule has 0 saturated carbocycles. The molecular weight excluding hydrogens is 348 g/mol. The molecule has 0 aliphatic carbocycles. The van der Waals surface area contributed by atoms with E-state index in [1.807, 2.05) is 51.1 Å². The van der Waals surface area contributed by atoms with Crippen molar-refractivity contribution in [1.82, 2.24) is 5.32 Å². The van der Waals surface area contributed by atoms with Crippen LogP contribution in [0.5, 0.6) is 11.5 Å². The summed E-state index contributed by atoms with van der Waals surface area (Å²) in [6.07, 6.45) is 0.939. The van der Waals surface area contributed by atoms with E-state index in [4.69, 9.17) is 21.7 Å². The van der Waals surface area contributed by atoms with E-state index in [-0.39, 0.29) is 17.1 Å². The van der Waals surface area contributed by atoms with Gasteiger partial charge in [0.25, 0.3) is 5.91 Å². The van der Waals surface area contributed by atoms with Gasteiger partial charge >= 0.3 is 0 Å². The van der Waals surface area contributed by atoms with Crippen molar-refractivity contribution in [2.75, 3.05) is 11.9 Å². The van der Waals surface area contributed by atoms with E-state index in [0.717, 1.165) is 6.42 Å². The van der Waals surface area contributed by atoms with Crippen molar-refractivity contribution in [3.63, 3.8) is 0 Å². The van der Waals surface area contributed by atoms with Crippen molar-refractivity contribution in [3.05, 3.63) is 54.1 Å². The first-order valence-corrected chi connectivity index (χ1v) is 9.01. The molecule has 6 heteroatoms. The van der Waals surface area contributed by atoms with Crippen molar-refractivity contribution in [3.8, 4) is 11.5 Å². The molecule has 2 aromatic carbocycles. The Morgan fingerprint density at radius 2 is 1.92 bits per heavy atom. The highest BCUT2D eigenvalue weighted by atomic mass is 32.1. The fraction of sp³-hybridized carbons (Fsp3) is 0.300. The van der Waals surface area contributed by atoms with Crippen LogP contribution >= 0.6 is 12.2 Å². The van der Waals surface area contributed by atoms with Crippen LogP contribution in [0.25, 0.3) is 0 Å². The maximum atomic E-state index is 12.4. The molecule has 0 aromatic heterocycles. The monoisotopic (exact) mass is 372 g/mol. The molecule has 1 amide bonds. The smallest absolute Gasteiger partial charge is 0.257 e. The first-order valence-electron chi connectivity index (χ1n) is 8.60. The summed E-state index contributed by atoms with van der Waals surface area (Å²) >= 11 is 5.26. The maximum absolute atomic E-state index is 12.4. The molecule has 0 aliphatic rings. The summed E-state index contributed by atoms with van der Waals surface area (Å²) in [4.78, 5) is 12.4. The number of nitrogens with one attached hydrogen (secondary N) is 2. The number of anilines is 1. The zero-order valence-electron chi connectivity index (χ0n) is 15.2. The van der Waals surface area contributed by atoms with E-state index in [2.05, 4.69) is 10.6 Å². The number of hydrogen-bond acceptors (Lipinski definition) is 4. The van der Waals surface area contributed by atoms with Crippen molar-refractivity contribution >= 4 is 28.9 Å². The average molecular weight is 372 g/mol. The molecule has 0 atom stereocenters. The summed E-state index contributed by atoms with van der Waals surface area (Å²) in [6, 6.07) is 14.5. The van der Waals surface area contributed by atoms with E-state index in [1.165, 1.54) is 0 Å². The number of carbonyl (C=O) groups is 1. The Kier molecular flexibility index (Phi) is 7.41. The van der Waals surface area contributed by atoms with Gasteiger partial charge in [-0.15, -0.1) is 0 Å². The van der Waals surface area contributed by atoms with Crippen molar-refractivity contribution in [1.29, 1.82) is 0 Å². The van der Waals surface area contributed by atoms with Gasteiger partial charge in [-0.05, 0) is 62.8 Å². The van der Waals surface area contributed by atoms with Crippen LogP contribution in [-0.2, 0) is 0 Å². The highest BCUT2D eigenvalue weighted by molar-refractivity contribution is 7.80. The van der Waals surface area contributed by atoms with E-state index < -0.39 is 0 Å². The number of rotatable bonds is 7. The number of benzene rings is 2. The zero-order valence-corrected chi connectivity index (χ0v) is 16.1. The molecule has 2 N–H and O–H groups in total. The predicted octanol–water partition coefficient (Wildman–Crippen LogP) is 4.39. The van der Waals surface area contributed by atoms with E-state index in [1.54, 1.807) is 18.2 Å². The Bertz CT molecular complexity index is 762. The molecule has 2 aromatic rings. The summed E-state index contributed by atoms with van der Waals surface area (Å²) in [6.45, 7) is 6.54. The molecule has 0 radical (unpaired) electrons. The summed E-state index contributed by atoms with van der Waals surface area (Å²) in [5, 5.41) is 5.89. The number of thiocarbonyl (C=S) groups is 1. The van der Waals surface area contributed by atoms with E-state index >= 15 is 0 Å². The van der Waals surface area contributed by atoms with Gasteiger partial charge in [0.2, 0.25) is 0 Å². The minimum absolute atomic E-state index is 0.0342. The largest absolute Gasteiger partial charge is 0.494 e. The molecule has 0 saturated heterocycles. The lowest BCUT2D eigenvalue weighted by atomic mass is 10.2. The molecular formula is C20H24N2O3S. The first kappa shape index (κ1) is 19.7. The third-order valence-corrected chi connectivity index (χ3v) is 3.50. The van der Waals surface area contributed by atoms with Gasteiger partial charge < -0.3 is 14.8 Å². The second-order valence-electron chi connectivity index (χ2n) is 5.95. The first-order chi connectivity index (χ1) is 12.5. The molecule has 2 rings (SSSR count). The summed E-state index contributed by atoms with van der Waals surface area (Å²) in [5.41, 5.74) is 1.18. The number of carbonyl (C=O) groups excluding carboxylic acids is 1. The van der Waals surface area contributed by atoms with Crippen molar-refractivity contribution in [2.24, 2.45) is 0 Å². The quantitative estimate of drug-likeness (QED) is 0.706. The van der Waals surface area contributed by atoms with Crippen molar-refractivity contribution in [2.45, 2.75) is 33.3 Å². The number of para-hydroxylation sites is 2. The third kappa shape index (κ3) is 6.04. The summed E-state index contributed by atoms with van der Waals surface area (Å²) in [5.74, 6) is 1.04. The average Bonchev–Trinajstić information content (AvgIpc) is 2.61. The second kappa shape index (κ2) is 9.77. The maximum Gasteiger partial charge on any atom is 0.257 e. The van der Waals surface area contributed by atoms with Gasteiger partial charge in [-0.1, -0.05) is 25.1 Å². The normalized spacial score (nSPS) is 10.3. The number of amides is 1. The van der Waals surface area contributed by atoms with Gasteiger partial charge in [-0.2, -0.15) is 0 Å². The van der Waals surface area contributed by atoms with Gasteiger partial charge in [0.05, 0.1) is 18.4 Å². The fourth-order valence-electron chi connectivity index (χ4n) is 2.20. The Balaban J connectivity index is 2.01. The van der Waals surface area contributed by atoms with Gasteiger partial charge in [-0.3, -0.25) is 10.1 Å². The van der Waals surface area contributed by atoms with Gasteiger partial charge in [0, 0.05) is 5.56 Å². The molecule has 138 valence electrons. The molecule has 0 bridgehead atoms. The molecule has 26 heavy (non-hydrogen) atoms. The molecule has 5 nitrogen and oxygen atoms in total. The third-order valence-electron chi connectivity index (χ3n) is 3.29. The van der Waals surface area contributed by atoms with Crippen LogP contribution in [0.15, 0.2) is 48.5 Å². The van der Waals surface area contributed by atoms with E-state index in [0.29, 0.717) is 29.4 Å². The number of hydrogen-bond donors (Lipinski definition) is 2. The van der Waals surface area contributed by atoms with Gasteiger partial charge in [-0.25, -0.2) is 0 Å². The number of ether oxygens (including phenoxy) is 2. The molecule has 0 fully saturated rings. The Morgan fingerprint density at radius 1 is 1.15 bits per heavy atom. The molecule has 0 spiro atoms.